The van der Waals surface area contributed by atoms with Crippen molar-refractivity contribution in [3.05, 3.63) is 94.4 Å². The first-order valence-corrected chi connectivity index (χ1v) is 11.2. The SMILES string of the molecule is COc1cc(C=C2OCC3=CCC[C@@H](c4ccc(Cl)cc4)N3C2=O)ccc1-n1cnc(C)c1. The Morgan fingerprint density at radius 1 is 1.21 bits per heavy atom. The van der Waals surface area contributed by atoms with Crippen molar-refractivity contribution in [3.63, 3.8) is 0 Å². The molecule has 7 heteroatoms. The monoisotopic (exact) mass is 461 g/mol. The van der Waals surface area contributed by atoms with Gasteiger partial charge in [0.15, 0.2) is 5.76 Å². The van der Waals surface area contributed by atoms with Crippen molar-refractivity contribution in [1.82, 2.24) is 14.5 Å². The average molecular weight is 462 g/mol. The highest BCUT2D eigenvalue weighted by atomic mass is 35.5. The van der Waals surface area contributed by atoms with Gasteiger partial charge >= 0.3 is 0 Å². The summed E-state index contributed by atoms with van der Waals surface area (Å²) < 4.78 is 13.4. The van der Waals surface area contributed by atoms with Gasteiger partial charge in [0.05, 0.1) is 36.6 Å². The summed E-state index contributed by atoms with van der Waals surface area (Å²) in [5, 5.41) is 0.683. The smallest absolute Gasteiger partial charge is 0.293 e. The van der Waals surface area contributed by atoms with Crippen molar-refractivity contribution in [2.45, 2.75) is 25.8 Å². The van der Waals surface area contributed by atoms with E-state index in [1.54, 1.807) is 19.5 Å². The summed E-state index contributed by atoms with van der Waals surface area (Å²) >= 11 is 6.07. The Hall–Kier alpha value is -3.51. The standard InChI is InChI=1S/C26H24ClN3O3/c1-17-14-29(16-28-17)23-11-6-18(12-24(23)32-2)13-25-26(31)30-21(15-33-25)4-3-5-22(30)19-7-9-20(27)10-8-19/h4,6-14,16,22H,3,5,15H2,1-2H3/t22-/m0/s1. The van der Waals surface area contributed by atoms with Crippen LogP contribution >= 0.6 is 11.6 Å². The van der Waals surface area contributed by atoms with E-state index in [9.17, 15) is 4.79 Å². The van der Waals surface area contributed by atoms with Crippen LogP contribution in [0.2, 0.25) is 5.02 Å². The first-order chi connectivity index (χ1) is 16.0. The van der Waals surface area contributed by atoms with Gasteiger partial charge in [-0.3, -0.25) is 9.69 Å². The average Bonchev–Trinajstić information content (AvgIpc) is 3.27. The number of rotatable bonds is 4. The molecule has 3 heterocycles. The van der Waals surface area contributed by atoms with Crippen LogP contribution in [0.3, 0.4) is 0 Å². The zero-order valence-corrected chi connectivity index (χ0v) is 19.2. The molecule has 2 aliphatic rings. The summed E-state index contributed by atoms with van der Waals surface area (Å²) in [6.07, 6.45) is 9.31. The Morgan fingerprint density at radius 2 is 2.03 bits per heavy atom. The predicted molar refractivity (Wildman–Crippen MR) is 127 cm³/mol. The van der Waals surface area contributed by atoms with Crippen molar-refractivity contribution in [2.75, 3.05) is 13.7 Å². The molecule has 3 aromatic rings. The minimum absolute atomic E-state index is 0.0385. The molecule has 1 fully saturated rings. The fourth-order valence-corrected chi connectivity index (χ4v) is 4.50. The van der Waals surface area contributed by atoms with Crippen LogP contribution in [-0.2, 0) is 9.53 Å². The van der Waals surface area contributed by atoms with E-state index in [1.807, 2.05) is 65.1 Å². The lowest BCUT2D eigenvalue weighted by Crippen LogP contribution is -2.42. The van der Waals surface area contributed by atoms with Crippen molar-refractivity contribution >= 4 is 23.6 Å². The maximum Gasteiger partial charge on any atom is 0.293 e. The maximum atomic E-state index is 13.5. The summed E-state index contributed by atoms with van der Waals surface area (Å²) in [6, 6.07) is 13.5. The molecule has 0 N–H and O–H groups in total. The van der Waals surface area contributed by atoms with Crippen molar-refractivity contribution in [1.29, 1.82) is 0 Å². The number of ether oxygens (including phenoxy) is 2. The number of carbonyl (C=O) groups excluding carboxylic acids is 1. The highest BCUT2D eigenvalue weighted by Crippen LogP contribution is 2.38. The minimum atomic E-state index is -0.138. The molecule has 0 radical (unpaired) electrons. The Balaban J connectivity index is 1.46. The molecule has 1 atom stereocenters. The molecule has 5 rings (SSSR count). The Labute approximate surface area is 197 Å². The number of aromatic nitrogens is 2. The number of amides is 1. The summed E-state index contributed by atoms with van der Waals surface area (Å²) in [6.45, 7) is 2.31. The number of hydrogen-bond acceptors (Lipinski definition) is 4. The lowest BCUT2D eigenvalue weighted by molar-refractivity contribution is -0.135. The summed E-state index contributed by atoms with van der Waals surface area (Å²) in [4.78, 5) is 19.6. The highest BCUT2D eigenvalue weighted by Gasteiger charge is 2.36. The van der Waals surface area contributed by atoms with Crippen LogP contribution in [0.25, 0.3) is 11.8 Å². The van der Waals surface area contributed by atoms with Crippen LogP contribution < -0.4 is 4.74 Å². The van der Waals surface area contributed by atoms with Crippen molar-refractivity contribution in [3.8, 4) is 11.4 Å². The van der Waals surface area contributed by atoms with Crippen molar-refractivity contribution in [2.24, 2.45) is 0 Å². The minimum Gasteiger partial charge on any atom is -0.495 e. The number of hydrogen-bond donors (Lipinski definition) is 0. The Morgan fingerprint density at radius 3 is 2.76 bits per heavy atom. The van der Waals surface area contributed by atoms with Crippen LogP contribution in [-0.4, -0.2) is 34.1 Å². The van der Waals surface area contributed by atoms with E-state index in [1.165, 1.54) is 0 Å². The van der Waals surface area contributed by atoms with Gasteiger partial charge in [-0.05, 0) is 61.2 Å². The number of morpholine rings is 1. The number of fused-ring (bicyclic) bond motifs is 1. The lowest BCUT2D eigenvalue weighted by atomic mass is 9.95. The predicted octanol–water partition coefficient (Wildman–Crippen LogP) is 5.46. The molecule has 0 saturated carbocycles. The third kappa shape index (κ3) is 4.14. The van der Waals surface area contributed by atoms with Gasteiger partial charge < -0.3 is 14.0 Å². The molecule has 1 amide bonds. The molecule has 168 valence electrons. The molecule has 6 nitrogen and oxygen atoms in total. The second-order valence-corrected chi connectivity index (χ2v) is 8.60. The Kier molecular flexibility index (Phi) is 5.68. The van der Waals surface area contributed by atoms with E-state index in [0.717, 1.165) is 41.0 Å². The summed E-state index contributed by atoms with van der Waals surface area (Å²) in [5.41, 5.74) is 4.60. The number of halogens is 1. The van der Waals surface area contributed by atoms with Crippen LogP contribution in [0, 0.1) is 6.92 Å². The molecule has 2 aromatic carbocycles. The molecule has 0 spiro atoms. The van der Waals surface area contributed by atoms with E-state index >= 15 is 0 Å². The second kappa shape index (κ2) is 8.79. The summed E-state index contributed by atoms with van der Waals surface area (Å²) in [5.74, 6) is 0.865. The van der Waals surface area contributed by atoms with Gasteiger partial charge in [0.1, 0.15) is 12.4 Å². The fraction of sp³-hybridized carbons (Fsp3) is 0.231. The Bertz CT molecular complexity index is 1260. The first kappa shape index (κ1) is 21.3. The molecule has 0 bridgehead atoms. The maximum absolute atomic E-state index is 13.5. The molecule has 1 saturated heterocycles. The van der Waals surface area contributed by atoms with E-state index in [-0.39, 0.29) is 11.9 Å². The van der Waals surface area contributed by atoms with Gasteiger partial charge in [0.2, 0.25) is 0 Å². The number of nitrogens with zero attached hydrogens (tertiary/aromatic N) is 3. The first-order valence-electron chi connectivity index (χ1n) is 10.8. The third-order valence-corrected chi connectivity index (χ3v) is 6.24. The van der Waals surface area contributed by atoms with Crippen molar-refractivity contribution < 1.29 is 14.3 Å². The molecule has 0 aliphatic carbocycles. The largest absolute Gasteiger partial charge is 0.495 e. The highest BCUT2D eigenvalue weighted by molar-refractivity contribution is 6.30. The van der Waals surface area contributed by atoms with Crippen LogP contribution in [0.15, 0.2) is 72.5 Å². The number of methoxy groups -OCH3 is 1. The molecule has 0 unspecified atom stereocenters. The van der Waals surface area contributed by atoms with Gasteiger partial charge in [-0.2, -0.15) is 0 Å². The number of benzene rings is 2. The van der Waals surface area contributed by atoms with Gasteiger partial charge in [-0.1, -0.05) is 35.9 Å². The van der Waals surface area contributed by atoms with E-state index < -0.39 is 0 Å². The number of aryl methyl sites for hydroxylation is 1. The number of carbonyl (C=O) groups is 1. The molecular formula is C26H24ClN3O3. The molecular weight excluding hydrogens is 438 g/mol. The van der Waals surface area contributed by atoms with Gasteiger partial charge in [0.25, 0.3) is 5.91 Å². The number of imidazole rings is 1. The topological polar surface area (TPSA) is 56.6 Å². The molecule has 2 aliphatic heterocycles. The number of allylic oxidation sites excluding steroid dienone is 1. The van der Waals surface area contributed by atoms with Crippen LogP contribution in [0.4, 0.5) is 0 Å². The molecule has 33 heavy (non-hydrogen) atoms. The van der Waals surface area contributed by atoms with Gasteiger partial charge in [-0.15, -0.1) is 0 Å². The van der Waals surface area contributed by atoms with Gasteiger partial charge in [-0.25, -0.2) is 4.98 Å². The lowest BCUT2D eigenvalue weighted by Gasteiger charge is -2.40. The summed E-state index contributed by atoms with van der Waals surface area (Å²) in [7, 11) is 1.63. The quantitative estimate of drug-likeness (QED) is 0.484. The zero-order valence-electron chi connectivity index (χ0n) is 18.5. The van der Waals surface area contributed by atoms with Gasteiger partial charge in [0, 0.05) is 11.2 Å². The molecule has 1 aromatic heterocycles. The third-order valence-electron chi connectivity index (χ3n) is 5.99. The normalized spacial score (nSPS) is 19.2. The van der Waals surface area contributed by atoms with E-state index in [0.29, 0.717) is 23.1 Å². The zero-order chi connectivity index (χ0) is 22.9. The van der Waals surface area contributed by atoms with E-state index in [4.69, 9.17) is 21.1 Å². The van der Waals surface area contributed by atoms with Crippen LogP contribution in [0.1, 0.15) is 35.7 Å². The van der Waals surface area contributed by atoms with Crippen LogP contribution in [0.5, 0.6) is 5.75 Å². The second-order valence-electron chi connectivity index (χ2n) is 8.17. The van der Waals surface area contributed by atoms with E-state index in [2.05, 4.69) is 11.1 Å². The fourth-order valence-electron chi connectivity index (χ4n) is 4.37.